The van der Waals surface area contributed by atoms with Crippen molar-refractivity contribution in [3.8, 4) is 5.82 Å². The smallest absolute Gasteiger partial charge is 0.346 e. The van der Waals surface area contributed by atoms with Gasteiger partial charge in [-0.05, 0) is 12.8 Å². The van der Waals surface area contributed by atoms with Gasteiger partial charge in [0.2, 0.25) is 5.82 Å². The lowest BCUT2D eigenvalue weighted by Gasteiger charge is -2.07. The van der Waals surface area contributed by atoms with Crippen LogP contribution in [-0.2, 0) is 26.9 Å². The van der Waals surface area contributed by atoms with Gasteiger partial charge in [0.05, 0.1) is 17.1 Å². The van der Waals surface area contributed by atoms with Gasteiger partial charge in [0.25, 0.3) is 0 Å². The largest absolute Gasteiger partial charge is 0.396 e. The zero-order valence-corrected chi connectivity index (χ0v) is 12.0. The van der Waals surface area contributed by atoms with E-state index < -0.39 is 11.2 Å². The van der Waals surface area contributed by atoms with Crippen molar-refractivity contribution in [2.75, 3.05) is 5.73 Å². The number of hydrogen-bond acceptors (Lipinski definition) is 5. The summed E-state index contributed by atoms with van der Waals surface area (Å²) in [4.78, 5) is 23.9. The second kappa shape index (κ2) is 4.95. The summed E-state index contributed by atoms with van der Waals surface area (Å²) in [6, 6.07) is 0. The Hall–Kier alpha value is -2.38. The van der Waals surface area contributed by atoms with Crippen LogP contribution >= 0.6 is 0 Å². The number of anilines is 1. The minimum atomic E-state index is -0.493. The third-order valence-electron chi connectivity index (χ3n) is 3.27. The van der Waals surface area contributed by atoms with Crippen molar-refractivity contribution < 1.29 is 0 Å². The van der Waals surface area contributed by atoms with Crippen molar-refractivity contribution in [1.29, 1.82) is 0 Å². The van der Waals surface area contributed by atoms with Crippen LogP contribution < -0.4 is 17.0 Å². The third kappa shape index (κ3) is 1.93. The molecule has 0 aliphatic heterocycles. The van der Waals surface area contributed by atoms with Gasteiger partial charge in [-0.25, -0.2) is 14.2 Å². The molecule has 0 bridgehead atoms. The van der Waals surface area contributed by atoms with Crippen LogP contribution in [0.4, 0.5) is 5.69 Å². The highest BCUT2D eigenvalue weighted by Gasteiger charge is 2.19. The van der Waals surface area contributed by atoms with E-state index in [1.165, 1.54) is 18.8 Å². The molecule has 0 atom stereocenters. The molecule has 2 aromatic rings. The lowest BCUT2D eigenvalue weighted by atomic mass is 10.2. The minimum absolute atomic E-state index is 0.0813. The lowest BCUT2D eigenvalue weighted by Crippen LogP contribution is -2.41. The molecule has 20 heavy (non-hydrogen) atoms. The Bertz CT molecular complexity index is 767. The monoisotopic (exact) mass is 278 g/mol. The van der Waals surface area contributed by atoms with E-state index in [-0.39, 0.29) is 5.82 Å². The van der Waals surface area contributed by atoms with E-state index in [0.717, 1.165) is 20.6 Å². The van der Waals surface area contributed by atoms with Gasteiger partial charge in [0.15, 0.2) is 0 Å². The summed E-state index contributed by atoms with van der Waals surface area (Å²) in [5.41, 5.74) is 7.08. The SMILES string of the molecule is CCc1nn(-c2nn(C)c(=O)n(C)c2=O)c(CC)c1N. The van der Waals surface area contributed by atoms with Gasteiger partial charge in [0, 0.05) is 14.1 Å². The number of nitrogen functional groups attached to an aromatic ring is 1. The summed E-state index contributed by atoms with van der Waals surface area (Å²) in [6.45, 7) is 3.87. The average Bonchev–Trinajstić information content (AvgIpc) is 2.76. The van der Waals surface area contributed by atoms with Gasteiger partial charge < -0.3 is 5.73 Å². The Morgan fingerprint density at radius 2 is 1.75 bits per heavy atom. The highest BCUT2D eigenvalue weighted by Crippen LogP contribution is 2.19. The topological polar surface area (TPSA) is 101 Å². The number of nitrogens with two attached hydrogens (primary N) is 1. The molecule has 0 amide bonds. The molecule has 2 rings (SSSR count). The van der Waals surface area contributed by atoms with Crippen molar-refractivity contribution >= 4 is 5.69 Å². The molecule has 0 saturated heterocycles. The first-order chi connectivity index (χ1) is 9.42. The third-order valence-corrected chi connectivity index (χ3v) is 3.27. The first-order valence-corrected chi connectivity index (χ1v) is 6.43. The van der Waals surface area contributed by atoms with Crippen LogP contribution in [-0.4, -0.2) is 24.1 Å². The van der Waals surface area contributed by atoms with Gasteiger partial charge in [-0.2, -0.15) is 5.10 Å². The summed E-state index contributed by atoms with van der Waals surface area (Å²) in [7, 11) is 2.90. The first-order valence-electron chi connectivity index (χ1n) is 6.43. The molecule has 8 nitrogen and oxygen atoms in total. The molecular weight excluding hydrogens is 260 g/mol. The van der Waals surface area contributed by atoms with Crippen molar-refractivity contribution in [2.24, 2.45) is 14.1 Å². The summed E-state index contributed by atoms with van der Waals surface area (Å²) >= 11 is 0. The molecule has 0 aromatic carbocycles. The Kier molecular flexibility index (Phi) is 3.47. The molecule has 0 fully saturated rings. The maximum absolute atomic E-state index is 12.2. The van der Waals surface area contributed by atoms with Gasteiger partial charge >= 0.3 is 11.2 Å². The summed E-state index contributed by atoms with van der Waals surface area (Å²) in [6.07, 6.45) is 1.28. The van der Waals surface area contributed by atoms with Crippen LogP contribution in [0.1, 0.15) is 25.2 Å². The van der Waals surface area contributed by atoms with Crippen molar-refractivity contribution in [3.63, 3.8) is 0 Å². The molecule has 0 spiro atoms. The van der Waals surface area contributed by atoms with Crippen LogP contribution in [0.25, 0.3) is 5.82 Å². The number of rotatable bonds is 3. The molecule has 0 unspecified atom stereocenters. The Morgan fingerprint density at radius 1 is 1.10 bits per heavy atom. The fourth-order valence-corrected chi connectivity index (χ4v) is 2.11. The highest BCUT2D eigenvalue weighted by atomic mass is 16.2. The summed E-state index contributed by atoms with van der Waals surface area (Å²) in [5.74, 6) is 0.0813. The maximum Gasteiger partial charge on any atom is 0.346 e. The number of aryl methyl sites for hydroxylation is 2. The molecule has 108 valence electrons. The van der Waals surface area contributed by atoms with Gasteiger partial charge in [-0.1, -0.05) is 13.8 Å². The van der Waals surface area contributed by atoms with Crippen LogP contribution in [0, 0.1) is 0 Å². The van der Waals surface area contributed by atoms with E-state index in [4.69, 9.17) is 5.73 Å². The van der Waals surface area contributed by atoms with Gasteiger partial charge in [0.1, 0.15) is 0 Å². The van der Waals surface area contributed by atoms with Crippen LogP contribution in [0.2, 0.25) is 0 Å². The molecule has 2 aromatic heterocycles. The second-order valence-electron chi connectivity index (χ2n) is 4.52. The van der Waals surface area contributed by atoms with E-state index >= 15 is 0 Å². The van der Waals surface area contributed by atoms with Gasteiger partial charge in [-0.3, -0.25) is 9.36 Å². The minimum Gasteiger partial charge on any atom is -0.396 e. The Morgan fingerprint density at radius 3 is 2.30 bits per heavy atom. The predicted molar refractivity (Wildman–Crippen MR) is 75.0 cm³/mol. The van der Waals surface area contributed by atoms with E-state index in [0.29, 0.717) is 18.5 Å². The summed E-state index contributed by atoms with van der Waals surface area (Å²) in [5, 5.41) is 8.36. The Balaban J connectivity index is 2.82. The quantitative estimate of drug-likeness (QED) is 0.805. The molecule has 0 saturated carbocycles. The normalized spacial score (nSPS) is 11.0. The number of aromatic nitrogens is 5. The van der Waals surface area contributed by atoms with Crippen molar-refractivity contribution in [1.82, 2.24) is 24.1 Å². The van der Waals surface area contributed by atoms with Crippen molar-refractivity contribution in [3.05, 3.63) is 32.2 Å². The number of hydrogen-bond donors (Lipinski definition) is 1. The highest BCUT2D eigenvalue weighted by molar-refractivity contribution is 5.50. The van der Waals surface area contributed by atoms with E-state index in [1.807, 2.05) is 13.8 Å². The molecule has 0 aliphatic rings. The van der Waals surface area contributed by atoms with Crippen LogP contribution in [0.15, 0.2) is 9.59 Å². The van der Waals surface area contributed by atoms with Crippen molar-refractivity contribution in [2.45, 2.75) is 26.7 Å². The molecular formula is C12H18N6O2. The lowest BCUT2D eigenvalue weighted by molar-refractivity contribution is 0.573. The molecule has 8 heteroatoms. The fraction of sp³-hybridized carbons (Fsp3) is 0.500. The zero-order chi connectivity index (χ0) is 15.0. The fourth-order valence-electron chi connectivity index (χ4n) is 2.11. The molecule has 0 aliphatic carbocycles. The zero-order valence-electron chi connectivity index (χ0n) is 12.0. The van der Waals surface area contributed by atoms with E-state index in [2.05, 4.69) is 10.2 Å². The predicted octanol–water partition coefficient (Wildman–Crippen LogP) is -0.628. The van der Waals surface area contributed by atoms with E-state index in [1.54, 1.807) is 0 Å². The van der Waals surface area contributed by atoms with Crippen LogP contribution in [0.3, 0.4) is 0 Å². The summed E-state index contributed by atoms with van der Waals surface area (Å²) < 4.78 is 3.56. The average molecular weight is 278 g/mol. The standard InChI is InChI=1S/C12H18N6O2/c1-5-7-9(13)8(6-2)18(14-7)10-11(19)16(3)12(20)17(4)15-10/h5-6,13H2,1-4H3. The van der Waals surface area contributed by atoms with Crippen LogP contribution in [0.5, 0.6) is 0 Å². The maximum atomic E-state index is 12.2. The Labute approximate surface area is 115 Å². The second-order valence-corrected chi connectivity index (χ2v) is 4.52. The molecule has 0 radical (unpaired) electrons. The molecule has 2 N–H and O–H groups in total. The van der Waals surface area contributed by atoms with Gasteiger partial charge in [-0.15, -0.1) is 5.10 Å². The number of nitrogens with zero attached hydrogens (tertiary/aromatic N) is 5. The van der Waals surface area contributed by atoms with E-state index in [9.17, 15) is 9.59 Å². The molecule has 2 heterocycles. The first kappa shape index (κ1) is 14.0.